The lowest BCUT2D eigenvalue weighted by Crippen LogP contribution is -2.31. The Morgan fingerprint density at radius 3 is 2.00 bits per heavy atom. The van der Waals surface area contributed by atoms with Crippen molar-refractivity contribution in [3.63, 3.8) is 0 Å². The number of carbonyl (C=O) groups excluding carboxylic acids is 2. The molecule has 4 rings (SSSR count). The fourth-order valence-electron chi connectivity index (χ4n) is 4.23. The van der Waals surface area contributed by atoms with Crippen LogP contribution < -0.4 is 0 Å². The summed E-state index contributed by atoms with van der Waals surface area (Å²) in [5, 5.41) is 0. The summed E-state index contributed by atoms with van der Waals surface area (Å²) in [5.41, 5.74) is 0.335. The maximum absolute atomic E-state index is 12.0. The number of amides is 2. The van der Waals surface area contributed by atoms with Gasteiger partial charge in [-0.05, 0) is 30.1 Å². The maximum Gasteiger partial charge on any atom is 0.233 e. The van der Waals surface area contributed by atoms with Gasteiger partial charge in [0.1, 0.15) is 0 Å². The van der Waals surface area contributed by atoms with E-state index >= 15 is 0 Å². The highest BCUT2D eigenvalue weighted by Crippen LogP contribution is 2.73. The van der Waals surface area contributed by atoms with Crippen LogP contribution in [0, 0.1) is 29.1 Å². The van der Waals surface area contributed by atoms with Crippen molar-refractivity contribution in [1.29, 1.82) is 0 Å². The van der Waals surface area contributed by atoms with Crippen molar-refractivity contribution >= 4 is 11.8 Å². The van der Waals surface area contributed by atoms with Crippen LogP contribution in [0.5, 0.6) is 0 Å². The maximum atomic E-state index is 12.0. The Labute approximate surface area is 88.1 Å². The molecule has 1 aliphatic heterocycles. The molecule has 1 spiro atoms. The smallest absolute Gasteiger partial charge is 0.233 e. The normalized spacial score (nSPS) is 48.2. The number of hydrogen-bond donors (Lipinski definition) is 0. The molecule has 78 valence electrons. The van der Waals surface area contributed by atoms with E-state index in [-0.39, 0.29) is 23.7 Å². The van der Waals surface area contributed by atoms with E-state index in [0.29, 0.717) is 17.3 Å². The first-order valence-electron chi connectivity index (χ1n) is 5.66. The van der Waals surface area contributed by atoms with Gasteiger partial charge in [0.2, 0.25) is 11.8 Å². The number of fused-ring (bicyclic) bond motifs is 3. The standard InChI is InChI=1S/C12H13NO2/c1-13-10(14)8-6-2-3-7(9(8)11(13)15)12(6)4-5-12/h2-3,6-9H,4-5H2,1H3/t6-,7-,8-,9+/m0/s1. The third-order valence-corrected chi connectivity index (χ3v) is 5.07. The summed E-state index contributed by atoms with van der Waals surface area (Å²) in [6, 6.07) is 0. The average Bonchev–Trinajstić information content (AvgIpc) is 2.85. The number of rotatable bonds is 0. The Morgan fingerprint density at radius 2 is 1.60 bits per heavy atom. The van der Waals surface area contributed by atoms with Gasteiger partial charge < -0.3 is 0 Å². The molecule has 0 aromatic heterocycles. The van der Waals surface area contributed by atoms with E-state index in [2.05, 4.69) is 12.2 Å². The SMILES string of the molecule is CN1C(=O)[C@@H]2[C@H](C1=O)[C@@H]1C=C[C@@H]2C12CC2. The second kappa shape index (κ2) is 2.04. The molecule has 0 N–H and O–H groups in total. The van der Waals surface area contributed by atoms with Crippen molar-refractivity contribution in [3.05, 3.63) is 12.2 Å². The van der Waals surface area contributed by atoms with E-state index < -0.39 is 0 Å². The third-order valence-electron chi connectivity index (χ3n) is 5.07. The Balaban J connectivity index is 1.87. The molecule has 3 fully saturated rings. The van der Waals surface area contributed by atoms with Crippen LogP contribution in [0.2, 0.25) is 0 Å². The zero-order chi connectivity index (χ0) is 10.4. The highest BCUT2D eigenvalue weighted by atomic mass is 16.2. The molecule has 0 radical (unpaired) electrons. The minimum atomic E-state index is -0.0139. The summed E-state index contributed by atoms with van der Waals surface area (Å²) >= 11 is 0. The van der Waals surface area contributed by atoms with Crippen LogP contribution in [0.25, 0.3) is 0 Å². The van der Waals surface area contributed by atoms with Crippen molar-refractivity contribution in [2.24, 2.45) is 29.1 Å². The van der Waals surface area contributed by atoms with Gasteiger partial charge in [-0.15, -0.1) is 0 Å². The molecule has 2 amide bonds. The van der Waals surface area contributed by atoms with Crippen LogP contribution in [-0.2, 0) is 9.59 Å². The zero-order valence-corrected chi connectivity index (χ0v) is 8.64. The van der Waals surface area contributed by atoms with Gasteiger partial charge in [0.15, 0.2) is 0 Å². The van der Waals surface area contributed by atoms with Crippen molar-refractivity contribution in [1.82, 2.24) is 4.90 Å². The number of imide groups is 1. The Hall–Kier alpha value is -1.12. The third kappa shape index (κ3) is 0.638. The molecular weight excluding hydrogens is 190 g/mol. The summed E-state index contributed by atoms with van der Waals surface area (Å²) < 4.78 is 0. The summed E-state index contributed by atoms with van der Waals surface area (Å²) in [7, 11) is 1.63. The number of carbonyl (C=O) groups is 2. The molecule has 1 heterocycles. The van der Waals surface area contributed by atoms with E-state index in [9.17, 15) is 9.59 Å². The lowest BCUT2D eigenvalue weighted by molar-refractivity contribution is -0.139. The van der Waals surface area contributed by atoms with Crippen LogP contribution in [0.3, 0.4) is 0 Å². The summed E-state index contributed by atoms with van der Waals surface area (Å²) in [5.74, 6) is 0.837. The van der Waals surface area contributed by atoms with Gasteiger partial charge in [0, 0.05) is 7.05 Å². The molecule has 4 aliphatic rings. The highest BCUT2D eigenvalue weighted by Gasteiger charge is 2.72. The quantitative estimate of drug-likeness (QED) is 0.431. The molecule has 1 saturated heterocycles. The molecule has 0 unspecified atom stereocenters. The molecule has 15 heavy (non-hydrogen) atoms. The van der Waals surface area contributed by atoms with E-state index in [4.69, 9.17) is 0 Å². The highest BCUT2D eigenvalue weighted by molar-refractivity contribution is 6.06. The van der Waals surface area contributed by atoms with Crippen LogP contribution in [0.15, 0.2) is 12.2 Å². The van der Waals surface area contributed by atoms with Gasteiger partial charge in [-0.2, -0.15) is 0 Å². The minimum absolute atomic E-state index is 0.0139. The first kappa shape index (κ1) is 8.08. The lowest BCUT2D eigenvalue weighted by atomic mass is 9.85. The number of nitrogens with zero attached hydrogens (tertiary/aromatic N) is 1. The molecule has 3 heteroatoms. The van der Waals surface area contributed by atoms with E-state index in [0.717, 1.165) is 0 Å². The molecule has 4 atom stereocenters. The fourth-order valence-corrected chi connectivity index (χ4v) is 4.23. The molecule has 0 aromatic carbocycles. The van der Waals surface area contributed by atoms with E-state index in [1.165, 1.54) is 17.7 Å². The van der Waals surface area contributed by atoms with Gasteiger partial charge in [0.05, 0.1) is 11.8 Å². The second-order valence-corrected chi connectivity index (χ2v) is 5.46. The molecular formula is C12H13NO2. The Bertz CT molecular complexity index is 387. The van der Waals surface area contributed by atoms with E-state index in [1.54, 1.807) is 7.05 Å². The molecule has 2 saturated carbocycles. The van der Waals surface area contributed by atoms with Crippen LogP contribution in [0.1, 0.15) is 12.8 Å². The molecule has 3 aliphatic carbocycles. The Morgan fingerprint density at radius 1 is 1.13 bits per heavy atom. The number of hydrogen-bond acceptors (Lipinski definition) is 2. The largest absolute Gasteiger partial charge is 0.285 e. The first-order valence-corrected chi connectivity index (χ1v) is 5.66. The summed E-state index contributed by atoms with van der Waals surface area (Å²) in [6.07, 6.45) is 6.82. The van der Waals surface area contributed by atoms with Crippen LogP contribution in [0.4, 0.5) is 0 Å². The van der Waals surface area contributed by atoms with Gasteiger partial charge >= 0.3 is 0 Å². The summed E-state index contributed by atoms with van der Waals surface area (Å²) in [4.78, 5) is 25.3. The summed E-state index contributed by atoms with van der Waals surface area (Å²) in [6.45, 7) is 0. The van der Waals surface area contributed by atoms with Crippen LogP contribution >= 0.6 is 0 Å². The average molecular weight is 203 g/mol. The first-order chi connectivity index (χ1) is 7.17. The van der Waals surface area contributed by atoms with Gasteiger partial charge in [-0.25, -0.2) is 0 Å². The van der Waals surface area contributed by atoms with E-state index in [1.807, 2.05) is 0 Å². The minimum Gasteiger partial charge on any atom is -0.285 e. The fraction of sp³-hybridized carbons (Fsp3) is 0.667. The zero-order valence-electron chi connectivity index (χ0n) is 8.64. The molecule has 0 aromatic rings. The predicted molar refractivity (Wildman–Crippen MR) is 52.5 cm³/mol. The van der Waals surface area contributed by atoms with Crippen molar-refractivity contribution in [2.45, 2.75) is 12.8 Å². The lowest BCUT2D eigenvalue weighted by Gasteiger charge is -2.18. The van der Waals surface area contributed by atoms with Crippen molar-refractivity contribution in [2.75, 3.05) is 7.05 Å². The number of likely N-dealkylation sites (tertiary alicyclic amines) is 1. The monoisotopic (exact) mass is 203 g/mol. The predicted octanol–water partition coefficient (Wildman–Crippen LogP) is 0.813. The second-order valence-electron chi connectivity index (χ2n) is 5.46. The van der Waals surface area contributed by atoms with Crippen LogP contribution in [-0.4, -0.2) is 23.8 Å². The Kier molecular flexibility index (Phi) is 1.10. The topological polar surface area (TPSA) is 37.4 Å². The van der Waals surface area contributed by atoms with Crippen molar-refractivity contribution in [3.8, 4) is 0 Å². The van der Waals surface area contributed by atoms with Gasteiger partial charge in [0.25, 0.3) is 0 Å². The van der Waals surface area contributed by atoms with Gasteiger partial charge in [-0.3, -0.25) is 14.5 Å². The molecule has 3 nitrogen and oxygen atoms in total. The van der Waals surface area contributed by atoms with Crippen molar-refractivity contribution < 1.29 is 9.59 Å². The van der Waals surface area contributed by atoms with Gasteiger partial charge in [-0.1, -0.05) is 12.2 Å². The number of allylic oxidation sites excluding steroid dienone is 2. The molecule has 2 bridgehead atoms.